The van der Waals surface area contributed by atoms with Gasteiger partial charge in [-0.3, -0.25) is 0 Å². The summed E-state index contributed by atoms with van der Waals surface area (Å²) in [6.45, 7) is 0. The van der Waals surface area contributed by atoms with Gasteiger partial charge in [0.05, 0.1) is 28.2 Å². The van der Waals surface area contributed by atoms with Gasteiger partial charge in [0.2, 0.25) is 0 Å². The molecule has 0 amide bonds. The first-order valence-corrected chi connectivity index (χ1v) is 4.51. The first-order valence-electron chi connectivity index (χ1n) is 3.75. The van der Waals surface area contributed by atoms with Crippen LogP contribution in [0.4, 0.5) is 5.69 Å². The molecule has 0 atom stereocenters. The van der Waals surface area contributed by atoms with Gasteiger partial charge in [-0.25, -0.2) is 0 Å². The quantitative estimate of drug-likeness (QED) is 0.545. The maximum atomic E-state index is 8.28. The Morgan fingerprint density at radius 2 is 2.00 bits per heavy atom. The number of nitrogen functional groups attached to an aromatic ring is 1. The predicted molar refractivity (Wildman–Crippen MR) is 58.0 cm³/mol. The largest absolute Gasteiger partial charge is 0.397 e. The molecule has 0 aliphatic heterocycles. The van der Waals surface area contributed by atoms with Crippen LogP contribution in [0.1, 0.15) is 12.0 Å². The molecule has 0 aliphatic carbocycles. The molecule has 2 nitrogen and oxygen atoms in total. The molecule has 0 fully saturated rings. The Balaban J connectivity index is 3.07. The van der Waals surface area contributed by atoms with Gasteiger partial charge >= 0.3 is 0 Å². The summed E-state index contributed by atoms with van der Waals surface area (Å²) in [4.78, 5) is 0. The highest BCUT2D eigenvalue weighted by Gasteiger charge is 2.02. The molecule has 0 heterocycles. The van der Waals surface area contributed by atoms with Gasteiger partial charge in [-0.15, -0.1) is 0 Å². The van der Waals surface area contributed by atoms with Crippen molar-refractivity contribution in [2.45, 2.75) is 6.42 Å². The maximum absolute atomic E-state index is 8.28. The second-order valence-electron chi connectivity index (χ2n) is 2.49. The maximum Gasteiger partial charge on any atom is 0.0966 e. The lowest BCUT2D eigenvalue weighted by Crippen LogP contribution is -1.88. The molecular formula is C10H6Cl2N2. The van der Waals surface area contributed by atoms with Crippen LogP contribution in [-0.4, -0.2) is 0 Å². The zero-order valence-corrected chi connectivity index (χ0v) is 8.65. The van der Waals surface area contributed by atoms with Crippen molar-refractivity contribution in [2.24, 2.45) is 0 Å². The van der Waals surface area contributed by atoms with Gasteiger partial charge < -0.3 is 5.73 Å². The van der Waals surface area contributed by atoms with E-state index in [9.17, 15) is 0 Å². The van der Waals surface area contributed by atoms with Gasteiger partial charge in [-0.1, -0.05) is 35.0 Å². The van der Waals surface area contributed by atoms with Gasteiger partial charge in [0.15, 0.2) is 0 Å². The van der Waals surface area contributed by atoms with E-state index in [1.807, 2.05) is 6.07 Å². The normalized spacial score (nSPS) is 8.64. The molecule has 0 aliphatic rings. The monoisotopic (exact) mass is 224 g/mol. The van der Waals surface area contributed by atoms with Crippen LogP contribution in [0.25, 0.3) is 0 Å². The van der Waals surface area contributed by atoms with Crippen LogP contribution < -0.4 is 5.73 Å². The van der Waals surface area contributed by atoms with Crippen LogP contribution >= 0.6 is 23.2 Å². The van der Waals surface area contributed by atoms with Crippen molar-refractivity contribution in [3.8, 4) is 17.9 Å². The predicted octanol–water partition coefficient (Wildman–Crippen LogP) is 2.84. The van der Waals surface area contributed by atoms with E-state index in [0.29, 0.717) is 21.3 Å². The highest BCUT2D eigenvalue weighted by atomic mass is 35.5. The van der Waals surface area contributed by atoms with Crippen molar-refractivity contribution >= 4 is 28.9 Å². The van der Waals surface area contributed by atoms with Crippen LogP contribution in [0.3, 0.4) is 0 Å². The van der Waals surface area contributed by atoms with Crippen LogP contribution in [0.5, 0.6) is 0 Å². The summed E-state index contributed by atoms with van der Waals surface area (Å²) in [5, 5.41) is 9.14. The second-order valence-corrected chi connectivity index (χ2v) is 3.30. The molecule has 14 heavy (non-hydrogen) atoms. The van der Waals surface area contributed by atoms with Crippen molar-refractivity contribution in [1.82, 2.24) is 0 Å². The summed E-state index contributed by atoms with van der Waals surface area (Å²) < 4.78 is 0. The number of hydrogen-bond donors (Lipinski definition) is 1. The van der Waals surface area contributed by atoms with Crippen LogP contribution in [0.2, 0.25) is 10.0 Å². The lowest BCUT2D eigenvalue weighted by Gasteiger charge is -2.00. The summed E-state index contributed by atoms with van der Waals surface area (Å²) in [6.07, 6.45) is 0.165. The van der Waals surface area contributed by atoms with E-state index < -0.39 is 0 Å². The average molecular weight is 225 g/mol. The number of benzene rings is 1. The topological polar surface area (TPSA) is 49.8 Å². The Labute approximate surface area is 92.2 Å². The fourth-order valence-electron chi connectivity index (χ4n) is 0.837. The second kappa shape index (κ2) is 4.77. The number of hydrogen-bond acceptors (Lipinski definition) is 2. The minimum absolute atomic E-state index is 0.165. The van der Waals surface area contributed by atoms with E-state index in [-0.39, 0.29) is 6.42 Å². The number of halogens is 2. The van der Waals surface area contributed by atoms with E-state index in [2.05, 4.69) is 11.8 Å². The Kier molecular flexibility index (Phi) is 3.65. The number of nitrogens with zero attached hydrogens (tertiary/aromatic N) is 1. The molecular weight excluding hydrogens is 219 g/mol. The summed E-state index contributed by atoms with van der Waals surface area (Å²) >= 11 is 11.6. The SMILES string of the molecule is N#CCC#Cc1cc(Cl)c(N)cc1Cl. The van der Waals surface area contributed by atoms with E-state index in [0.717, 1.165) is 0 Å². The van der Waals surface area contributed by atoms with E-state index in [1.165, 1.54) is 0 Å². The van der Waals surface area contributed by atoms with Crippen molar-refractivity contribution in [2.75, 3.05) is 5.73 Å². The molecule has 0 bridgehead atoms. The fourth-order valence-corrected chi connectivity index (χ4v) is 1.22. The number of rotatable bonds is 0. The summed E-state index contributed by atoms with van der Waals surface area (Å²) in [5.74, 6) is 5.38. The van der Waals surface area contributed by atoms with Crippen molar-refractivity contribution in [1.29, 1.82) is 5.26 Å². The molecule has 0 unspecified atom stereocenters. The summed E-state index contributed by atoms with van der Waals surface area (Å²) in [5.41, 5.74) is 6.53. The van der Waals surface area contributed by atoms with Crippen LogP contribution in [-0.2, 0) is 0 Å². The molecule has 0 saturated carbocycles. The van der Waals surface area contributed by atoms with Gasteiger partial charge in [0, 0.05) is 5.56 Å². The Morgan fingerprint density at radius 1 is 1.29 bits per heavy atom. The van der Waals surface area contributed by atoms with Crippen molar-refractivity contribution in [3.05, 3.63) is 27.7 Å². The Bertz CT molecular complexity index is 450. The molecule has 0 aromatic heterocycles. The molecule has 1 aromatic carbocycles. The number of nitrogens with two attached hydrogens (primary N) is 1. The first kappa shape index (κ1) is 10.7. The molecule has 70 valence electrons. The molecule has 4 heteroatoms. The first-order chi connectivity index (χ1) is 6.65. The number of anilines is 1. The van der Waals surface area contributed by atoms with E-state index in [4.69, 9.17) is 34.2 Å². The van der Waals surface area contributed by atoms with Crippen molar-refractivity contribution in [3.63, 3.8) is 0 Å². The highest BCUT2D eigenvalue weighted by Crippen LogP contribution is 2.26. The lowest BCUT2D eigenvalue weighted by atomic mass is 10.2. The zero-order chi connectivity index (χ0) is 10.6. The minimum Gasteiger partial charge on any atom is -0.397 e. The fraction of sp³-hybridized carbons (Fsp3) is 0.100. The van der Waals surface area contributed by atoms with E-state index in [1.54, 1.807) is 12.1 Å². The van der Waals surface area contributed by atoms with Crippen LogP contribution in [0, 0.1) is 23.2 Å². The highest BCUT2D eigenvalue weighted by molar-refractivity contribution is 6.35. The Morgan fingerprint density at radius 3 is 2.64 bits per heavy atom. The lowest BCUT2D eigenvalue weighted by molar-refractivity contribution is 1.39. The van der Waals surface area contributed by atoms with Crippen molar-refractivity contribution < 1.29 is 0 Å². The van der Waals surface area contributed by atoms with Gasteiger partial charge in [0.25, 0.3) is 0 Å². The number of nitriles is 1. The van der Waals surface area contributed by atoms with Gasteiger partial charge in [0.1, 0.15) is 0 Å². The molecule has 1 aromatic rings. The third kappa shape index (κ3) is 2.57. The molecule has 0 spiro atoms. The minimum atomic E-state index is 0.165. The smallest absolute Gasteiger partial charge is 0.0966 e. The third-order valence-corrected chi connectivity index (χ3v) is 2.12. The van der Waals surface area contributed by atoms with Gasteiger partial charge in [-0.2, -0.15) is 5.26 Å². The molecule has 0 saturated heterocycles. The van der Waals surface area contributed by atoms with Crippen LogP contribution in [0.15, 0.2) is 12.1 Å². The van der Waals surface area contributed by atoms with Gasteiger partial charge in [-0.05, 0) is 12.1 Å². The standard InChI is InChI=1S/C10H6Cl2N2/c11-8-6-10(14)9(12)5-7(8)3-1-2-4-13/h5-6H,2,14H2. The Hall–Kier alpha value is -1.35. The molecule has 1 rings (SSSR count). The molecule has 2 N–H and O–H groups in total. The third-order valence-electron chi connectivity index (χ3n) is 1.48. The summed E-state index contributed by atoms with van der Waals surface area (Å²) in [7, 11) is 0. The summed E-state index contributed by atoms with van der Waals surface area (Å²) in [6, 6.07) is 5.04. The van der Waals surface area contributed by atoms with E-state index >= 15 is 0 Å². The zero-order valence-electron chi connectivity index (χ0n) is 7.14. The molecule has 0 radical (unpaired) electrons. The average Bonchev–Trinajstić information content (AvgIpc) is 2.14.